The van der Waals surface area contributed by atoms with Crippen molar-refractivity contribution in [2.45, 2.75) is 25.5 Å². The number of halogens is 1. The molecule has 1 saturated heterocycles. The number of rotatable bonds is 6. The Morgan fingerprint density at radius 3 is 2.65 bits per heavy atom. The number of fused-ring (bicyclic) bond motifs is 1. The van der Waals surface area contributed by atoms with E-state index in [1.54, 1.807) is 11.2 Å². The molecule has 1 aromatic heterocycles. The number of benzene rings is 2. The van der Waals surface area contributed by atoms with Crippen LogP contribution < -0.4 is 4.74 Å². The molecule has 2 aliphatic rings. The van der Waals surface area contributed by atoms with Crippen LogP contribution in [-0.2, 0) is 17.9 Å². The molecule has 0 saturated carbocycles. The van der Waals surface area contributed by atoms with Gasteiger partial charge in [-0.2, -0.15) is 5.26 Å². The van der Waals surface area contributed by atoms with Crippen molar-refractivity contribution < 1.29 is 13.9 Å². The van der Waals surface area contributed by atoms with Crippen molar-refractivity contribution in [3.8, 4) is 11.8 Å². The van der Waals surface area contributed by atoms with Gasteiger partial charge in [0.15, 0.2) is 0 Å². The minimum atomic E-state index is -0.252. The molecule has 2 aromatic carbocycles. The molecule has 1 atom stereocenters. The van der Waals surface area contributed by atoms with Gasteiger partial charge < -0.3 is 9.15 Å². The van der Waals surface area contributed by atoms with E-state index in [4.69, 9.17) is 20.8 Å². The quantitative estimate of drug-likeness (QED) is 0.438. The molecular weight excluding hydrogens is 470 g/mol. The number of amides is 1. The van der Waals surface area contributed by atoms with Crippen LogP contribution >= 0.6 is 23.4 Å². The minimum Gasteiger partial charge on any atom is -0.489 e. The van der Waals surface area contributed by atoms with Gasteiger partial charge in [-0.15, -0.1) is 0 Å². The molecule has 8 heteroatoms. The standard InChI is InChI=1S/C26H22ClN3O3S/c27-20-7-3-18(4-8-20)15-33-21-9-5-19(6-10-21)23-12-25(31)30-16-29(14-22-2-1-11-32-22)17-34-26(30)24(23)13-28/h1-11,23H,12,14-17H2. The smallest absolute Gasteiger partial charge is 0.229 e. The van der Waals surface area contributed by atoms with Crippen LogP contribution in [0.3, 0.4) is 0 Å². The van der Waals surface area contributed by atoms with Crippen LogP contribution in [-0.4, -0.2) is 28.3 Å². The summed E-state index contributed by atoms with van der Waals surface area (Å²) >= 11 is 7.46. The summed E-state index contributed by atoms with van der Waals surface area (Å²) in [6.07, 6.45) is 1.92. The molecule has 0 spiro atoms. The molecule has 1 unspecified atom stereocenters. The average Bonchev–Trinajstić information content (AvgIpc) is 3.37. The zero-order valence-electron chi connectivity index (χ0n) is 18.3. The van der Waals surface area contributed by atoms with Crippen molar-refractivity contribution in [3.05, 3.63) is 99.4 Å². The van der Waals surface area contributed by atoms with E-state index in [9.17, 15) is 10.1 Å². The maximum absolute atomic E-state index is 13.1. The minimum absolute atomic E-state index is 0.0266. The van der Waals surface area contributed by atoms with Crippen LogP contribution in [0.25, 0.3) is 0 Å². The number of nitrogens with zero attached hydrogens (tertiary/aromatic N) is 3. The van der Waals surface area contributed by atoms with Gasteiger partial charge in [0.2, 0.25) is 5.91 Å². The Hall–Kier alpha value is -3.18. The predicted molar refractivity (Wildman–Crippen MR) is 131 cm³/mol. The summed E-state index contributed by atoms with van der Waals surface area (Å²) in [7, 11) is 0. The number of allylic oxidation sites excluding steroid dienone is 1. The average molecular weight is 492 g/mol. The van der Waals surface area contributed by atoms with E-state index < -0.39 is 0 Å². The van der Waals surface area contributed by atoms with Crippen LogP contribution in [0.4, 0.5) is 0 Å². The van der Waals surface area contributed by atoms with Crippen LogP contribution in [0.15, 0.2) is 81.9 Å². The van der Waals surface area contributed by atoms with E-state index in [0.717, 1.165) is 27.7 Å². The molecule has 5 rings (SSSR count). The molecule has 0 aliphatic carbocycles. The second kappa shape index (κ2) is 9.98. The number of carbonyl (C=O) groups is 1. The molecule has 0 bridgehead atoms. The van der Waals surface area contributed by atoms with E-state index in [2.05, 4.69) is 11.0 Å². The monoisotopic (exact) mass is 491 g/mol. The first-order valence-electron chi connectivity index (χ1n) is 10.9. The van der Waals surface area contributed by atoms with Gasteiger partial charge in [-0.3, -0.25) is 14.6 Å². The topological polar surface area (TPSA) is 69.7 Å². The fraction of sp³-hybridized carbons (Fsp3) is 0.231. The lowest BCUT2D eigenvalue weighted by Gasteiger charge is -2.41. The van der Waals surface area contributed by atoms with Crippen LogP contribution in [0, 0.1) is 11.3 Å². The van der Waals surface area contributed by atoms with E-state index in [1.165, 1.54) is 11.8 Å². The van der Waals surface area contributed by atoms with Crippen molar-refractivity contribution in [2.75, 3.05) is 12.5 Å². The molecule has 3 heterocycles. The third-order valence-corrected chi connectivity index (χ3v) is 7.37. The van der Waals surface area contributed by atoms with E-state index in [1.807, 2.05) is 60.7 Å². The number of thioether (sulfide) groups is 1. The largest absolute Gasteiger partial charge is 0.489 e. The first-order valence-corrected chi connectivity index (χ1v) is 12.3. The molecular formula is C26H22ClN3O3S. The summed E-state index contributed by atoms with van der Waals surface area (Å²) in [6.45, 7) is 1.52. The number of furan rings is 1. The highest BCUT2D eigenvalue weighted by molar-refractivity contribution is 8.03. The van der Waals surface area contributed by atoms with Crippen LogP contribution in [0.1, 0.15) is 29.2 Å². The fourth-order valence-electron chi connectivity index (χ4n) is 4.16. The van der Waals surface area contributed by atoms with Crippen molar-refractivity contribution >= 4 is 29.3 Å². The van der Waals surface area contributed by atoms with Gasteiger partial charge in [0.05, 0.1) is 42.0 Å². The highest BCUT2D eigenvalue weighted by atomic mass is 35.5. The molecule has 0 N–H and O–H groups in total. The molecule has 0 radical (unpaired) electrons. The van der Waals surface area contributed by atoms with E-state index in [-0.39, 0.29) is 18.2 Å². The first kappa shape index (κ1) is 22.6. The van der Waals surface area contributed by atoms with Crippen LogP contribution in [0.5, 0.6) is 5.75 Å². The Balaban J connectivity index is 1.29. The van der Waals surface area contributed by atoms with Gasteiger partial charge >= 0.3 is 0 Å². The molecule has 3 aromatic rings. The molecule has 1 amide bonds. The van der Waals surface area contributed by atoms with Crippen molar-refractivity contribution in [2.24, 2.45) is 0 Å². The van der Waals surface area contributed by atoms with Gasteiger partial charge in [0, 0.05) is 17.4 Å². The molecule has 34 heavy (non-hydrogen) atoms. The lowest BCUT2D eigenvalue weighted by molar-refractivity contribution is -0.132. The van der Waals surface area contributed by atoms with Gasteiger partial charge in [-0.1, -0.05) is 47.6 Å². The summed E-state index contributed by atoms with van der Waals surface area (Å²) < 4.78 is 11.3. The maximum atomic E-state index is 13.1. The molecule has 1 fully saturated rings. The zero-order valence-corrected chi connectivity index (χ0v) is 19.9. The van der Waals surface area contributed by atoms with Gasteiger partial charge in [0.25, 0.3) is 0 Å². The number of hydrogen-bond donors (Lipinski definition) is 0. The Bertz CT molecular complexity index is 1230. The maximum Gasteiger partial charge on any atom is 0.229 e. The second-order valence-electron chi connectivity index (χ2n) is 8.22. The van der Waals surface area contributed by atoms with E-state index >= 15 is 0 Å². The summed E-state index contributed by atoms with van der Waals surface area (Å²) in [6, 6.07) is 21.4. The Morgan fingerprint density at radius 2 is 1.94 bits per heavy atom. The summed E-state index contributed by atoms with van der Waals surface area (Å²) in [5, 5.41) is 11.4. The lowest BCUT2D eigenvalue weighted by atomic mass is 9.86. The zero-order chi connectivity index (χ0) is 23.5. The Morgan fingerprint density at radius 1 is 1.15 bits per heavy atom. The van der Waals surface area contributed by atoms with Gasteiger partial charge in [-0.05, 0) is 47.5 Å². The number of ether oxygens (including phenoxy) is 1. The second-order valence-corrected chi connectivity index (χ2v) is 9.59. The van der Waals surface area contributed by atoms with E-state index in [0.29, 0.717) is 36.3 Å². The molecule has 6 nitrogen and oxygen atoms in total. The highest BCUT2D eigenvalue weighted by Crippen LogP contribution is 2.42. The highest BCUT2D eigenvalue weighted by Gasteiger charge is 2.38. The first-order chi connectivity index (χ1) is 16.6. The summed E-state index contributed by atoms with van der Waals surface area (Å²) in [4.78, 5) is 16.9. The van der Waals surface area contributed by atoms with Gasteiger partial charge in [0.1, 0.15) is 18.1 Å². The summed E-state index contributed by atoms with van der Waals surface area (Å²) in [5.74, 6) is 2.05. The number of nitriles is 1. The van der Waals surface area contributed by atoms with Crippen LogP contribution in [0.2, 0.25) is 5.02 Å². The number of carbonyl (C=O) groups excluding carboxylic acids is 1. The third-order valence-electron chi connectivity index (χ3n) is 5.91. The third kappa shape index (κ3) is 4.85. The fourth-order valence-corrected chi connectivity index (χ4v) is 5.42. The lowest BCUT2D eigenvalue weighted by Crippen LogP contribution is -2.46. The van der Waals surface area contributed by atoms with Gasteiger partial charge in [-0.25, -0.2) is 0 Å². The summed E-state index contributed by atoms with van der Waals surface area (Å²) in [5.41, 5.74) is 2.62. The Labute approximate surface area is 207 Å². The van der Waals surface area contributed by atoms with Crippen molar-refractivity contribution in [1.82, 2.24) is 9.80 Å². The molecule has 2 aliphatic heterocycles. The molecule has 172 valence electrons. The predicted octanol–water partition coefficient (Wildman–Crippen LogP) is 5.73. The SMILES string of the molecule is N#CC1=C2SCN(Cc3ccco3)CN2C(=O)CC1c1ccc(OCc2ccc(Cl)cc2)cc1. The normalized spacial score (nSPS) is 18.5. The van der Waals surface area contributed by atoms with Crippen molar-refractivity contribution in [3.63, 3.8) is 0 Å². The Kier molecular flexibility index (Phi) is 6.63. The number of hydrogen-bond acceptors (Lipinski definition) is 6. The van der Waals surface area contributed by atoms with Crippen molar-refractivity contribution in [1.29, 1.82) is 5.26 Å².